The summed E-state index contributed by atoms with van der Waals surface area (Å²) < 4.78 is 31.7. The fourth-order valence-corrected chi connectivity index (χ4v) is 2.44. The molecule has 1 aromatic heterocycles. The Morgan fingerprint density at radius 2 is 1.79 bits per heavy atom. The number of ether oxygens (including phenoxy) is 1. The Labute approximate surface area is 160 Å². The molecule has 0 fully saturated rings. The topological polar surface area (TPSA) is 76.1 Å². The summed E-state index contributed by atoms with van der Waals surface area (Å²) in [5.74, 6) is -0.873. The van der Waals surface area contributed by atoms with Crippen molar-refractivity contribution in [1.82, 2.24) is 15.3 Å². The second-order valence-electron chi connectivity index (χ2n) is 5.90. The van der Waals surface area contributed by atoms with E-state index in [0.717, 1.165) is 23.4 Å². The van der Waals surface area contributed by atoms with Gasteiger partial charge >= 0.3 is 0 Å². The highest BCUT2D eigenvalue weighted by Gasteiger charge is 2.09. The van der Waals surface area contributed by atoms with Crippen molar-refractivity contribution in [3.63, 3.8) is 0 Å². The van der Waals surface area contributed by atoms with Crippen LogP contribution in [0.15, 0.2) is 54.9 Å². The molecule has 28 heavy (non-hydrogen) atoms. The first-order valence-electron chi connectivity index (χ1n) is 8.50. The molecule has 6 nitrogen and oxygen atoms in total. The van der Waals surface area contributed by atoms with Crippen LogP contribution in [0.3, 0.4) is 0 Å². The molecular weight excluding hydrogens is 366 g/mol. The Balaban J connectivity index is 1.52. The van der Waals surface area contributed by atoms with Crippen LogP contribution < -0.4 is 15.4 Å². The first kappa shape index (κ1) is 19.2. The normalized spacial score (nSPS) is 10.4. The highest BCUT2D eigenvalue weighted by molar-refractivity contribution is 5.93. The lowest BCUT2D eigenvalue weighted by Gasteiger charge is -2.08. The van der Waals surface area contributed by atoms with Gasteiger partial charge in [-0.15, -0.1) is 0 Å². The Morgan fingerprint density at radius 1 is 1.07 bits per heavy atom. The van der Waals surface area contributed by atoms with E-state index in [9.17, 15) is 13.6 Å². The Morgan fingerprint density at radius 3 is 2.43 bits per heavy atom. The monoisotopic (exact) mass is 384 g/mol. The number of hydrogen-bond acceptors (Lipinski definition) is 5. The van der Waals surface area contributed by atoms with Gasteiger partial charge in [-0.1, -0.05) is 12.1 Å². The van der Waals surface area contributed by atoms with Gasteiger partial charge in [-0.3, -0.25) is 4.79 Å². The van der Waals surface area contributed by atoms with E-state index in [4.69, 9.17) is 4.74 Å². The van der Waals surface area contributed by atoms with Gasteiger partial charge in [0.25, 0.3) is 5.91 Å². The fraction of sp³-hybridized carbons (Fsp3) is 0.150. The van der Waals surface area contributed by atoms with E-state index >= 15 is 0 Å². The van der Waals surface area contributed by atoms with Crippen LogP contribution in [0.1, 0.15) is 15.9 Å². The molecule has 0 aliphatic rings. The molecule has 8 heteroatoms. The lowest BCUT2D eigenvalue weighted by Crippen LogP contribution is -2.26. The van der Waals surface area contributed by atoms with Crippen molar-refractivity contribution in [3.05, 3.63) is 77.6 Å². The highest BCUT2D eigenvalue weighted by Crippen LogP contribution is 2.18. The van der Waals surface area contributed by atoms with Crippen molar-refractivity contribution in [2.24, 2.45) is 0 Å². The van der Waals surface area contributed by atoms with Crippen molar-refractivity contribution < 1.29 is 18.3 Å². The van der Waals surface area contributed by atoms with Crippen LogP contribution in [0.25, 0.3) is 0 Å². The molecule has 2 aromatic carbocycles. The predicted octanol–water partition coefficient (Wildman–Crippen LogP) is 3.48. The van der Waals surface area contributed by atoms with Crippen LogP contribution in [0.2, 0.25) is 0 Å². The SMILES string of the molecule is COc1ccc(CCNC(=O)c2cnc(Nc3ccc(F)cc3F)nc2)cc1. The van der Waals surface area contributed by atoms with Crippen molar-refractivity contribution in [2.45, 2.75) is 6.42 Å². The number of carbonyl (C=O) groups is 1. The van der Waals surface area contributed by atoms with Crippen molar-refractivity contribution in [2.75, 3.05) is 19.0 Å². The second kappa shape index (κ2) is 8.90. The predicted molar refractivity (Wildman–Crippen MR) is 101 cm³/mol. The van der Waals surface area contributed by atoms with Crippen LogP contribution in [0, 0.1) is 11.6 Å². The zero-order chi connectivity index (χ0) is 19.9. The summed E-state index contributed by atoms with van der Waals surface area (Å²) in [6, 6.07) is 10.7. The molecule has 0 atom stereocenters. The minimum absolute atomic E-state index is 0.0399. The lowest BCUT2D eigenvalue weighted by molar-refractivity contribution is 0.0953. The molecule has 0 radical (unpaired) electrons. The van der Waals surface area contributed by atoms with E-state index in [-0.39, 0.29) is 23.1 Å². The summed E-state index contributed by atoms with van der Waals surface area (Å²) in [4.78, 5) is 20.1. The first-order valence-corrected chi connectivity index (χ1v) is 8.50. The quantitative estimate of drug-likeness (QED) is 0.652. The number of aromatic nitrogens is 2. The Hall–Kier alpha value is -3.55. The Kier molecular flexibility index (Phi) is 6.11. The molecule has 0 unspecified atom stereocenters. The van der Waals surface area contributed by atoms with E-state index in [0.29, 0.717) is 13.0 Å². The maximum atomic E-state index is 13.6. The smallest absolute Gasteiger partial charge is 0.254 e. The van der Waals surface area contributed by atoms with E-state index in [2.05, 4.69) is 20.6 Å². The summed E-state index contributed by atoms with van der Waals surface area (Å²) in [6.07, 6.45) is 3.33. The van der Waals surface area contributed by atoms with Gasteiger partial charge in [-0.05, 0) is 36.2 Å². The Bertz CT molecular complexity index is 947. The molecule has 0 saturated carbocycles. The summed E-state index contributed by atoms with van der Waals surface area (Å²) in [7, 11) is 1.61. The van der Waals surface area contributed by atoms with Gasteiger partial charge in [-0.25, -0.2) is 18.7 Å². The molecule has 144 valence electrons. The zero-order valence-electron chi connectivity index (χ0n) is 15.1. The summed E-state index contributed by atoms with van der Waals surface area (Å²) in [6.45, 7) is 0.450. The summed E-state index contributed by atoms with van der Waals surface area (Å²) in [5, 5.41) is 5.42. The van der Waals surface area contributed by atoms with Crippen molar-refractivity contribution >= 4 is 17.5 Å². The second-order valence-corrected chi connectivity index (χ2v) is 5.90. The maximum absolute atomic E-state index is 13.6. The van der Waals surface area contributed by atoms with Gasteiger partial charge in [0.05, 0.1) is 18.4 Å². The third-order valence-electron chi connectivity index (χ3n) is 3.95. The molecule has 0 bridgehead atoms. The van der Waals surface area contributed by atoms with E-state index in [1.807, 2.05) is 24.3 Å². The molecule has 2 N–H and O–H groups in total. The van der Waals surface area contributed by atoms with Gasteiger partial charge in [0.15, 0.2) is 0 Å². The number of amides is 1. The van der Waals surface area contributed by atoms with E-state index in [1.165, 1.54) is 18.5 Å². The van der Waals surface area contributed by atoms with E-state index < -0.39 is 11.6 Å². The number of benzene rings is 2. The number of methoxy groups -OCH3 is 1. The minimum atomic E-state index is -0.760. The third-order valence-corrected chi connectivity index (χ3v) is 3.95. The van der Waals surface area contributed by atoms with Crippen LogP contribution in [0.5, 0.6) is 5.75 Å². The molecular formula is C20H18F2N4O2. The molecule has 1 amide bonds. The fourth-order valence-electron chi connectivity index (χ4n) is 2.44. The van der Waals surface area contributed by atoms with Crippen LogP contribution in [-0.2, 0) is 6.42 Å². The highest BCUT2D eigenvalue weighted by atomic mass is 19.1. The number of hydrogen-bond donors (Lipinski definition) is 2. The number of nitrogens with zero attached hydrogens (tertiary/aromatic N) is 2. The standard InChI is InChI=1S/C20H18F2N4O2/c1-28-16-5-2-13(3-6-16)8-9-23-19(27)14-11-24-20(25-12-14)26-18-7-4-15(21)10-17(18)22/h2-7,10-12H,8-9H2,1H3,(H,23,27)(H,24,25,26). The van der Waals surface area contributed by atoms with E-state index in [1.54, 1.807) is 7.11 Å². The average molecular weight is 384 g/mol. The van der Waals surface area contributed by atoms with Gasteiger partial charge in [-0.2, -0.15) is 0 Å². The van der Waals surface area contributed by atoms with Crippen LogP contribution in [-0.4, -0.2) is 29.5 Å². The number of anilines is 2. The summed E-state index contributed by atoms with van der Waals surface area (Å²) >= 11 is 0. The minimum Gasteiger partial charge on any atom is -0.497 e. The average Bonchev–Trinajstić information content (AvgIpc) is 2.71. The first-order chi connectivity index (χ1) is 13.5. The van der Waals surface area contributed by atoms with Crippen LogP contribution in [0.4, 0.5) is 20.4 Å². The summed E-state index contributed by atoms with van der Waals surface area (Å²) in [5.41, 5.74) is 1.39. The molecule has 0 spiro atoms. The van der Waals surface area contributed by atoms with Gasteiger partial charge in [0.1, 0.15) is 17.4 Å². The lowest BCUT2D eigenvalue weighted by atomic mass is 10.1. The number of nitrogens with one attached hydrogen (secondary N) is 2. The largest absolute Gasteiger partial charge is 0.497 e. The molecule has 1 heterocycles. The maximum Gasteiger partial charge on any atom is 0.254 e. The molecule has 0 aliphatic carbocycles. The van der Waals surface area contributed by atoms with Gasteiger partial charge < -0.3 is 15.4 Å². The molecule has 3 aromatic rings. The number of carbonyl (C=O) groups excluding carboxylic acids is 1. The van der Waals surface area contributed by atoms with Crippen molar-refractivity contribution in [1.29, 1.82) is 0 Å². The van der Waals surface area contributed by atoms with Gasteiger partial charge in [0.2, 0.25) is 5.95 Å². The van der Waals surface area contributed by atoms with Gasteiger partial charge in [0, 0.05) is 25.0 Å². The number of rotatable bonds is 7. The van der Waals surface area contributed by atoms with Crippen LogP contribution >= 0.6 is 0 Å². The molecule has 0 saturated heterocycles. The molecule has 0 aliphatic heterocycles. The number of halogens is 2. The third kappa shape index (κ3) is 5.00. The molecule has 3 rings (SSSR count). The zero-order valence-corrected chi connectivity index (χ0v) is 15.1. The van der Waals surface area contributed by atoms with Crippen molar-refractivity contribution in [3.8, 4) is 5.75 Å².